The summed E-state index contributed by atoms with van der Waals surface area (Å²) in [6, 6.07) is 0. The van der Waals surface area contributed by atoms with Crippen LogP contribution in [0.4, 0.5) is 0 Å². The lowest BCUT2D eigenvalue weighted by Gasteiger charge is -2.45. The van der Waals surface area contributed by atoms with Crippen LogP contribution >= 0.6 is 11.8 Å². The summed E-state index contributed by atoms with van der Waals surface area (Å²) in [7, 11) is 0. The number of amides is 1. The summed E-state index contributed by atoms with van der Waals surface area (Å²) in [6.07, 6.45) is 1.25. The highest BCUT2D eigenvalue weighted by Gasteiger charge is 2.47. The molecule has 0 saturated carbocycles. The zero-order valence-corrected chi connectivity index (χ0v) is 8.85. The average molecular weight is 243 g/mol. The van der Waals surface area contributed by atoms with E-state index in [2.05, 4.69) is 5.16 Å². The molecule has 2 heterocycles. The van der Waals surface area contributed by atoms with Crippen LogP contribution in [-0.4, -0.2) is 44.1 Å². The van der Waals surface area contributed by atoms with E-state index in [4.69, 9.17) is 16.0 Å². The fraction of sp³-hybridized carbons (Fsp3) is 0.375. The van der Waals surface area contributed by atoms with Crippen LogP contribution in [0.2, 0.25) is 0 Å². The van der Waals surface area contributed by atoms with Crippen molar-refractivity contribution < 1.29 is 19.9 Å². The molecule has 2 aliphatic heterocycles. The van der Waals surface area contributed by atoms with E-state index in [9.17, 15) is 9.59 Å². The molecule has 7 nitrogen and oxygen atoms in total. The maximum absolute atomic E-state index is 11.3. The average Bonchev–Trinajstić information content (AvgIpc) is 2.20. The quantitative estimate of drug-likeness (QED) is 0.257. The summed E-state index contributed by atoms with van der Waals surface area (Å²) >= 11 is 1.27. The molecule has 1 saturated heterocycles. The van der Waals surface area contributed by atoms with Crippen molar-refractivity contribution in [2.45, 2.75) is 17.2 Å². The fourth-order valence-corrected chi connectivity index (χ4v) is 2.95. The van der Waals surface area contributed by atoms with Gasteiger partial charge in [-0.3, -0.25) is 9.69 Å². The Kier molecular flexibility index (Phi) is 2.60. The van der Waals surface area contributed by atoms with E-state index >= 15 is 0 Å². The minimum Gasteiger partial charge on any atom is -0.477 e. The first kappa shape index (κ1) is 11.0. The number of nitrogens with zero attached hydrogens (tertiary/aromatic N) is 2. The Morgan fingerprint density at radius 2 is 2.38 bits per heavy atom. The molecular weight excluding hydrogens is 234 g/mol. The SMILES string of the molecule is NC1S[C@@H]2CC(=O)N2C(C(=O)O)=C1C=NO. The van der Waals surface area contributed by atoms with Crippen molar-refractivity contribution in [2.24, 2.45) is 10.9 Å². The number of rotatable bonds is 2. The first-order chi connectivity index (χ1) is 7.56. The van der Waals surface area contributed by atoms with E-state index in [0.29, 0.717) is 6.42 Å². The van der Waals surface area contributed by atoms with Gasteiger partial charge in [0.25, 0.3) is 0 Å². The Labute approximate surface area is 94.6 Å². The molecule has 4 N–H and O–H groups in total. The number of carboxylic acids is 1. The van der Waals surface area contributed by atoms with Gasteiger partial charge in [-0.25, -0.2) is 4.79 Å². The smallest absolute Gasteiger partial charge is 0.353 e. The van der Waals surface area contributed by atoms with E-state index in [1.165, 1.54) is 16.7 Å². The molecule has 16 heavy (non-hydrogen) atoms. The van der Waals surface area contributed by atoms with Crippen molar-refractivity contribution in [3.05, 3.63) is 11.3 Å². The van der Waals surface area contributed by atoms with Crippen LogP contribution in [0.15, 0.2) is 16.4 Å². The fourth-order valence-electron chi connectivity index (χ4n) is 1.70. The number of carbonyl (C=O) groups is 2. The zero-order valence-electron chi connectivity index (χ0n) is 8.03. The molecule has 8 heteroatoms. The minimum atomic E-state index is -1.25. The summed E-state index contributed by atoms with van der Waals surface area (Å²) in [5, 5.41) is 19.4. The number of hydrogen-bond acceptors (Lipinski definition) is 6. The van der Waals surface area contributed by atoms with E-state index in [1.807, 2.05) is 0 Å². The maximum Gasteiger partial charge on any atom is 0.353 e. The van der Waals surface area contributed by atoms with Crippen molar-refractivity contribution in [2.75, 3.05) is 0 Å². The van der Waals surface area contributed by atoms with Gasteiger partial charge in [0.1, 0.15) is 5.70 Å². The van der Waals surface area contributed by atoms with E-state index in [0.717, 1.165) is 6.21 Å². The molecule has 0 spiro atoms. The van der Waals surface area contributed by atoms with Crippen LogP contribution in [0.25, 0.3) is 0 Å². The van der Waals surface area contributed by atoms with Crippen molar-refractivity contribution in [3.8, 4) is 0 Å². The van der Waals surface area contributed by atoms with Gasteiger partial charge in [0, 0.05) is 5.57 Å². The third-order valence-corrected chi connectivity index (χ3v) is 3.67. The molecule has 0 aromatic heterocycles. The first-order valence-electron chi connectivity index (χ1n) is 4.44. The zero-order chi connectivity index (χ0) is 11.9. The second kappa shape index (κ2) is 3.80. The maximum atomic E-state index is 11.3. The molecule has 2 rings (SSSR count). The minimum absolute atomic E-state index is 0.143. The number of hydrogen-bond donors (Lipinski definition) is 3. The highest BCUT2D eigenvalue weighted by atomic mass is 32.2. The van der Waals surface area contributed by atoms with Gasteiger partial charge >= 0.3 is 5.97 Å². The number of thioether (sulfide) groups is 1. The molecule has 0 aromatic carbocycles. The van der Waals surface area contributed by atoms with Gasteiger partial charge in [0.15, 0.2) is 0 Å². The molecule has 1 fully saturated rings. The number of fused-ring (bicyclic) bond motifs is 1. The summed E-state index contributed by atoms with van der Waals surface area (Å²) < 4.78 is 0. The number of β-lactam (4-membered cyclic amide) rings is 1. The molecule has 1 unspecified atom stereocenters. The Hall–Kier alpha value is -1.54. The van der Waals surface area contributed by atoms with Crippen LogP contribution in [0.5, 0.6) is 0 Å². The Bertz CT molecular complexity index is 420. The van der Waals surface area contributed by atoms with Gasteiger partial charge in [0.05, 0.1) is 23.4 Å². The van der Waals surface area contributed by atoms with Crippen LogP contribution in [0.1, 0.15) is 6.42 Å². The lowest BCUT2D eigenvalue weighted by Crippen LogP contribution is -2.56. The monoisotopic (exact) mass is 243 g/mol. The van der Waals surface area contributed by atoms with Gasteiger partial charge in [-0.1, -0.05) is 5.16 Å². The highest BCUT2D eigenvalue weighted by molar-refractivity contribution is 8.00. The van der Waals surface area contributed by atoms with Crippen LogP contribution in [0, 0.1) is 0 Å². The lowest BCUT2D eigenvalue weighted by atomic mass is 10.1. The number of carboxylic acid groups (broad SMARTS) is 1. The molecule has 0 aromatic rings. The molecule has 86 valence electrons. The Morgan fingerprint density at radius 1 is 1.69 bits per heavy atom. The standard InChI is InChI=1S/C8H9N3O4S/c9-7-3(2-10-15)6(8(13)14)11-4(12)1-5(11)16-7/h2,5,7,15H,1,9H2,(H,13,14)/t5-,7?/m1/s1. The topological polar surface area (TPSA) is 116 Å². The second-order valence-electron chi connectivity index (χ2n) is 3.33. The van der Waals surface area contributed by atoms with Crippen LogP contribution in [0.3, 0.4) is 0 Å². The van der Waals surface area contributed by atoms with Gasteiger partial charge in [0.2, 0.25) is 5.91 Å². The van der Waals surface area contributed by atoms with Gasteiger partial charge in [-0.2, -0.15) is 0 Å². The number of oxime groups is 1. The van der Waals surface area contributed by atoms with E-state index in [-0.39, 0.29) is 22.6 Å². The largest absolute Gasteiger partial charge is 0.477 e. The highest BCUT2D eigenvalue weighted by Crippen LogP contribution is 2.41. The Morgan fingerprint density at radius 3 is 2.88 bits per heavy atom. The van der Waals surface area contributed by atoms with Crippen molar-refractivity contribution in [3.63, 3.8) is 0 Å². The molecule has 1 amide bonds. The predicted molar refractivity (Wildman–Crippen MR) is 55.8 cm³/mol. The van der Waals surface area contributed by atoms with Crippen molar-refractivity contribution >= 4 is 29.9 Å². The van der Waals surface area contributed by atoms with Crippen LogP contribution < -0.4 is 5.73 Å². The molecule has 0 bridgehead atoms. The molecular formula is C8H9N3O4S. The molecule has 0 radical (unpaired) electrons. The number of nitrogens with two attached hydrogens (primary N) is 1. The molecule has 0 aliphatic carbocycles. The van der Waals surface area contributed by atoms with Crippen LogP contribution in [-0.2, 0) is 9.59 Å². The molecule has 2 atom stereocenters. The van der Waals surface area contributed by atoms with Gasteiger partial charge < -0.3 is 16.0 Å². The van der Waals surface area contributed by atoms with Gasteiger partial charge in [-0.05, 0) is 0 Å². The van der Waals surface area contributed by atoms with Gasteiger partial charge in [-0.15, -0.1) is 11.8 Å². The predicted octanol–water partition coefficient (Wildman–Crippen LogP) is -0.625. The number of carbonyl (C=O) groups excluding carboxylic acids is 1. The normalized spacial score (nSPS) is 29.3. The summed E-state index contributed by atoms with van der Waals surface area (Å²) in [4.78, 5) is 23.5. The van der Waals surface area contributed by atoms with E-state index in [1.54, 1.807) is 0 Å². The summed E-state index contributed by atoms with van der Waals surface area (Å²) in [5.74, 6) is -1.51. The van der Waals surface area contributed by atoms with E-state index < -0.39 is 11.3 Å². The third-order valence-electron chi connectivity index (χ3n) is 2.43. The number of aliphatic carboxylic acids is 1. The summed E-state index contributed by atoms with van der Waals surface area (Å²) in [5.41, 5.74) is 5.68. The van der Waals surface area contributed by atoms with Crippen molar-refractivity contribution in [1.29, 1.82) is 0 Å². The first-order valence-corrected chi connectivity index (χ1v) is 5.38. The second-order valence-corrected chi connectivity index (χ2v) is 4.66. The van der Waals surface area contributed by atoms with Crippen molar-refractivity contribution in [1.82, 2.24) is 4.90 Å². The third kappa shape index (κ3) is 1.46. The summed E-state index contributed by atoms with van der Waals surface area (Å²) in [6.45, 7) is 0. The lowest BCUT2D eigenvalue weighted by molar-refractivity contribution is -0.146. The molecule has 2 aliphatic rings. The Balaban J connectivity index is 2.49.